The van der Waals surface area contributed by atoms with Gasteiger partial charge in [-0.1, -0.05) is 33.6 Å². The first kappa shape index (κ1) is 14.7. The van der Waals surface area contributed by atoms with E-state index in [-0.39, 0.29) is 15.4 Å². The van der Waals surface area contributed by atoms with Crippen LogP contribution in [0.1, 0.15) is 15.9 Å². The summed E-state index contributed by atoms with van der Waals surface area (Å²) in [7, 11) is -3.85. The number of carboxylic acid groups (broad SMARTS) is 1. The van der Waals surface area contributed by atoms with Gasteiger partial charge in [-0.2, -0.15) is 0 Å². The fourth-order valence-corrected chi connectivity index (χ4v) is 3.54. The molecule has 104 valence electrons. The monoisotopic (exact) mass is 354 g/mol. The van der Waals surface area contributed by atoms with Crippen molar-refractivity contribution in [1.82, 2.24) is 0 Å². The molecule has 0 aromatic heterocycles. The molecule has 0 atom stereocenters. The van der Waals surface area contributed by atoms with E-state index in [1.165, 1.54) is 30.3 Å². The maximum atomic E-state index is 12.5. The average molecular weight is 355 g/mol. The second kappa shape index (κ2) is 5.38. The van der Waals surface area contributed by atoms with Gasteiger partial charge in [0.05, 0.1) is 15.4 Å². The molecule has 4 nitrogen and oxygen atoms in total. The number of sulfone groups is 1. The zero-order valence-electron chi connectivity index (χ0n) is 10.5. The summed E-state index contributed by atoms with van der Waals surface area (Å²) in [6.07, 6.45) is 0. The number of carbonyl (C=O) groups is 1. The number of aromatic carboxylic acids is 1. The summed E-state index contributed by atoms with van der Waals surface area (Å²) in [6.45, 7) is 1.85. The maximum absolute atomic E-state index is 12.5. The molecule has 2 rings (SSSR count). The fourth-order valence-electron chi connectivity index (χ4n) is 1.75. The molecule has 0 amide bonds. The Kier molecular flexibility index (Phi) is 3.96. The number of benzene rings is 2. The van der Waals surface area contributed by atoms with Gasteiger partial charge in [-0.3, -0.25) is 0 Å². The lowest BCUT2D eigenvalue weighted by Crippen LogP contribution is -2.09. The Morgan fingerprint density at radius 1 is 1.10 bits per heavy atom. The molecule has 2 aromatic rings. The van der Waals surface area contributed by atoms with Crippen molar-refractivity contribution in [3.63, 3.8) is 0 Å². The third kappa shape index (κ3) is 2.76. The van der Waals surface area contributed by atoms with Crippen LogP contribution in [0.4, 0.5) is 0 Å². The van der Waals surface area contributed by atoms with Gasteiger partial charge in [0.1, 0.15) is 0 Å². The topological polar surface area (TPSA) is 71.4 Å². The molecule has 0 unspecified atom stereocenters. The zero-order valence-corrected chi connectivity index (χ0v) is 12.9. The lowest BCUT2D eigenvalue weighted by atomic mass is 10.2. The summed E-state index contributed by atoms with van der Waals surface area (Å²) in [5, 5.41) is 9.16. The van der Waals surface area contributed by atoms with Crippen LogP contribution in [0.5, 0.6) is 0 Å². The number of rotatable bonds is 3. The molecule has 0 saturated carbocycles. The van der Waals surface area contributed by atoms with E-state index in [0.29, 0.717) is 4.47 Å². The molecular formula is C14H11BrO4S. The summed E-state index contributed by atoms with van der Waals surface area (Å²) in [5.41, 5.74) is 0.679. The van der Waals surface area contributed by atoms with Crippen molar-refractivity contribution in [1.29, 1.82) is 0 Å². The number of carboxylic acids is 1. The smallest absolute Gasteiger partial charge is 0.337 e. The van der Waals surface area contributed by atoms with E-state index in [2.05, 4.69) is 15.9 Å². The maximum Gasteiger partial charge on any atom is 0.337 e. The van der Waals surface area contributed by atoms with E-state index in [0.717, 1.165) is 5.56 Å². The summed E-state index contributed by atoms with van der Waals surface area (Å²) in [5.74, 6) is -1.28. The summed E-state index contributed by atoms with van der Waals surface area (Å²) in [6, 6.07) is 10.4. The number of halogens is 1. The highest BCUT2D eigenvalue weighted by atomic mass is 79.9. The van der Waals surface area contributed by atoms with Crippen LogP contribution in [0.25, 0.3) is 0 Å². The Hall–Kier alpha value is -1.66. The fraction of sp³-hybridized carbons (Fsp3) is 0.0714. The third-order valence-electron chi connectivity index (χ3n) is 2.79. The van der Waals surface area contributed by atoms with Gasteiger partial charge in [-0.05, 0) is 37.3 Å². The highest BCUT2D eigenvalue weighted by molar-refractivity contribution is 9.10. The molecule has 0 spiro atoms. The van der Waals surface area contributed by atoms with Crippen molar-refractivity contribution >= 4 is 31.7 Å². The Balaban J connectivity index is 2.66. The first-order chi connectivity index (χ1) is 9.32. The molecule has 0 fully saturated rings. The number of hydrogen-bond acceptors (Lipinski definition) is 3. The predicted octanol–water partition coefficient (Wildman–Crippen LogP) is 3.29. The molecule has 0 saturated heterocycles. The summed E-state index contributed by atoms with van der Waals surface area (Å²) >= 11 is 3.14. The van der Waals surface area contributed by atoms with Crippen LogP contribution >= 0.6 is 15.9 Å². The normalized spacial score (nSPS) is 11.3. The van der Waals surface area contributed by atoms with Crippen molar-refractivity contribution in [3.8, 4) is 0 Å². The first-order valence-electron chi connectivity index (χ1n) is 5.67. The van der Waals surface area contributed by atoms with Crippen LogP contribution in [0.15, 0.2) is 56.7 Å². The zero-order chi connectivity index (χ0) is 14.9. The second-order valence-electron chi connectivity index (χ2n) is 4.26. The van der Waals surface area contributed by atoms with Crippen molar-refractivity contribution < 1.29 is 18.3 Å². The highest BCUT2D eigenvalue weighted by Gasteiger charge is 2.24. The number of aryl methyl sites for hydroxylation is 1. The van der Waals surface area contributed by atoms with Gasteiger partial charge in [-0.15, -0.1) is 0 Å². The van der Waals surface area contributed by atoms with Crippen molar-refractivity contribution in [2.45, 2.75) is 16.7 Å². The minimum atomic E-state index is -3.85. The first-order valence-corrected chi connectivity index (χ1v) is 7.94. The van der Waals surface area contributed by atoms with Crippen LogP contribution in [0.3, 0.4) is 0 Å². The van der Waals surface area contributed by atoms with Crippen LogP contribution in [0, 0.1) is 6.92 Å². The van der Waals surface area contributed by atoms with E-state index >= 15 is 0 Å². The standard InChI is InChI=1S/C14H11BrO4S/c1-9-2-5-11(6-3-9)20(18,19)13-7-4-10(15)8-12(13)14(16)17/h2-8H,1H3,(H,16,17). The van der Waals surface area contributed by atoms with Gasteiger partial charge < -0.3 is 5.11 Å². The predicted molar refractivity (Wildman–Crippen MR) is 77.7 cm³/mol. The Morgan fingerprint density at radius 2 is 1.70 bits per heavy atom. The minimum Gasteiger partial charge on any atom is -0.478 e. The van der Waals surface area contributed by atoms with E-state index in [4.69, 9.17) is 5.11 Å². The van der Waals surface area contributed by atoms with Crippen molar-refractivity contribution in [3.05, 3.63) is 58.1 Å². The van der Waals surface area contributed by atoms with Crippen LogP contribution in [0.2, 0.25) is 0 Å². The van der Waals surface area contributed by atoms with Crippen LogP contribution in [-0.4, -0.2) is 19.5 Å². The summed E-state index contributed by atoms with van der Waals surface area (Å²) in [4.78, 5) is 11.1. The van der Waals surface area contributed by atoms with Gasteiger partial charge in [0.15, 0.2) is 0 Å². The van der Waals surface area contributed by atoms with Gasteiger partial charge in [0.2, 0.25) is 9.84 Å². The molecule has 0 aliphatic rings. The van der Waals surface area contributed by atoms with Crippen molar-refractivity contribution in [2.75, 3.05) is 0 Å². The summed E-state index contributed by atoms with van der Waals surface area (Å²) < 4.78 is 25.5. The highest BCUT2D eigenvalue weighted by Crippen LogP contribution is 2.27. The van der Waals surface area contributed by atoms with E-state index in [1.807, 2.05) is 6.92 Å². The van der Waals surface area contributed by atoms with E-state index in [9.17, 15) is 13.2 Å². The van der Waals surface area contributed by atoms with Gasteiger partial charge >= 0.3 is 5.97 Å². The molecule has 0 heterocycles. The Morgan fingerprint density at radius 3 is 2.25 bits per heavy atom. The Labute approximate surface area is 125 Å². The van der Waals surface area contributed by atoms with Crippen LogP contribution in [-0.2, 0) is 9.84 Å². The molecule has 0 bridgehead atoms. The molecular weight excluding hydrogens is 344 g/mol. The van der Waals surface area contributed by atoms with Crippen LogP contribution < -0.4 is 0 Å². The number of hydrogen-bond donors (Lipinski definition) is 1. The molecule has 1 N–H and O–H groups in total. The lowest BCUT2D eigenvalue weighted by molar-refractivity contribution is 0.0692. The third-order valence-corrected chi connectivity index (χ3v) is 5.11. The quantitative estimate of drug-likeness (QED) is 0.917. The molecule has 0 radical (unpaired) electrons. The SMILES string of the molecule is Cc1ccc(S(=O)(=O)c2ccc(Br)cc2C(=O)O)cc1. The van der Waals surface area contributed by atoms with Gasteiger partial charge in [0.25, 0.3) is 0 Å². The van der Waals surface area contributed by atoms with Gasteiger partial charge in [0, 0.05) is 4.47 Å². The molecule has 20 heavy (non-hydrogen) atoms. The molecule has 0 aliphatic heterocycles. The lowest BCUT2D eigenvalue weighted by Gasteiger charge is -2.08. The average Bonchev–Trinajstić information content (AvgIpc) is 2.38. The second-order valence-corrected chi connectivity index (χ2v) is 7.10. The largest absolute Gasteiger partial charge is 0.478 e. The van der Waals surface area contributed by atoms with Crippen molar-refractivity contribution in [2.24, 2.45) is 0 Å². The molecule has 2 aromatic carbocycles. The van der Waals surface area contributed by atoms with E-state index in [1.54, 1.807) is 12.1 Å². The molecule has 6 heteroatoms. The Bertz CT molecular complexity index is 764. The minimum absolute atomic E-state index is 0.0768. The van der Waals surface area contributed by atoms with E-state index < -0.39 is 15.8 Å². The van der Waals surface area contributed by atoms with Gasteiger partial charge in [-0.25, -0.2) is 13.2 Å². The molecule has 0 aliphatic carbocycles.